The Balaban J connectivity index is 1.80. The first kappa shape index (κ1) is 13.4. The van der Waals surface area contributed by atoms with Crippen LogP contribution in [0.5, 0.6) is 0 Å². The van der Waals surface area contributed by atoms with Gasteiger partial charge in [0.2, 0.25) is 0 Å². The Morgan fingerprint density at radius 3 is 3.15 bits per heavy atom. The van der Waals surface area contributed by atoms with E-state index in [-0.39, 0.29) is 6.61 Å². The highest BCUT2D eigenvalue weighted by molar-refractivity contribution is 7.10. The molecule has 0 bridgehead atoms. The van der Waals surface area contributed by atoms with Gasteiger partial charge in [0.05, 0.1) is 25.2 Å². The number of thiophene rings is 1. The van der Waals surface area contributed by atoms with Gasteiger partial charge in [-0.25, -0.2) is 4.98 Å². The van der Waals surface area contributed by atoms with Crippen LogP contribution in [0.25, 0.3) is 0 Å². The quantitative estimate of drug-likeness (QED) is 0.881. The predicted molar refractivity (Wildman–Crippen MR) is 80.9 cm³/mol. The predicted octanol–water partition coefficient (Wildman–Crippen LogP) is 2.61. The monoisotopic (exact) mass is 286 g/mol. The fraction of sp³-hybridized carbons (Fsp3) is 0.438. The van der Waals surface area contributed by atoms with Gasteiger partial charge >= 0.3 is 0 Å². The molecule has 2 aromatic rings. The molecule has 3 rings (SSSR count). The fourth-order valence-corrected chi connectivity index (χ4v) is 3.44. The van der Waals surface area contributed by atoms with Crippen LogP contribution in [-0.4, -0.2) is 21.3 Å². The molecule has 1 aliphatic rings. The van der Waals surface area contributed by atoms with Gasteiger partial charge in [-0.1, -0.05) is 11.8 Å². The van der Waals surface area contributed by atoms with Crippen LogP contribution >= 0.6 is 11.3 Å². The van der Waals surface area contributed by atoms with Crippen molar-refractivity contribution < 1.29 is 5.11 Å². The van der Waals surface area contributed by atoms with Crippen LogP contribution < -0.4 is 0 Å². The number of hydrogen-bond acceptors (Lipinski definition) is 3. The van der Waals surface area contributed by atoms with Crippen molar-refractivity contribution in [2.45, 2.75) is 38.6 Å². The van der Waals surface area contributed by atoms with Gasteiger partial charge in [0, 0.05) is 22.6 Å². The molecule has 0 atom stereocenters. The molecular weight excluding hydrogens is 268 g/mol. The number of imidazole rings is 1. The summed E-state index contributed by atoms with van der Waals surface area (Å²) in [7, 11) is 0. The number of rotatable bonds is 3. The molecule has 2 aromatic heterocycles. The second kappa shape index (κ2) is 6.25. The smallest absolute Gasteiger partial charge is 0.0955 e. The first-order chi connectivity index (χ1) is 9.88. The normalized spacial score (nSPS) is 13.7. The number of aryl methyl sites for hydroxylation is 1. The van der Waals surface area contributed by atoms with Gasteiger partial charge in [0.25, 0.3) is 0 Å². The van der Waals surface area contributed by atoms with Gasteiger partial charge in [-0.3, -0.25) is 0 Å². The summed E-state index contributed by atoms with van der Waals surface area (Å²) >= 11 is 1.74. The summed E-state index contributed by atoms with van der Waals surface area (Å²) in [6.07, 6.45) is 7.31. The zero-order valence-electron chi connectivity index (χ0n) is 11.4. The van der Waals surface area contributed by atoms with Crippen molar-refractivity contribution in [1.29, 1.82) is 0 Å². The number of hydrogen-bond donors (Lipinski definition) is 1. The third-order valence-corrected chi connectivity index (χ3v) is 4.53. The number of aromatic nitrogens is 2. The Morgan fingerprint density at radius 2 is 2.25 bits per heavy atom. The van der Waals surface area contributed by atoms with Crippen molar-refractivity contribution in [3.63, 3.8) is 0 Å². The van der Waals surface area contributed by atoms with Crippen molar-refractivity contribution in [2.24, 2.45) is 0 Å². The van der Waals surface area contributed by atoms with Gasteiger partial charge in [0.1, 0.15) is 0 Å². The zero-order chi connectivity index (χ0) is 13.8. The van der Waals surface area contributed by atoms with E-state index in [1.54, 1.807) is 11.3 Å². The number of fused-ring (bicyclic) bond motifs is 1. The molecule has 0 saturated heterocycles. The maximum atomic E-state index is 8.79. The van der Waals surface area contributed by atoms with Crippen LogP contribution in [0.1, 0.15) is 41.1 Å². The van der Waals surface area contributed by atoms with Crippen LogP contribution in [0.15, 0.2) is 17.8 Å². The largest absolute Gasteiger partial charge is 0.395 e. The molecule has 0 spiro atoms. The topological polar surface area (TPSA) is 38.0 Å². The highest BCUT2D eigenvalue weighted by Crippen LogP contribution is 2.23. The van der Waals surface area contributed by atoms with E-state index in [1.165, 1.54) is 29.1 Å². The van der Waals surface area contributed by atoms with Crippen molar-refractivity contribution in [2.75, 3.05) is 6.61 Å². The Morgan fingerprint density at radius 1 is 1.35 bits per heavy atom. The van der Waals surface area contributed by atoms with Crippen LogP contribution in [0.4, 0.5) is 0 Å². The first-order valence-electron chi connectivity index (χ1n) is 7.07. The minimum Gasteiger partial charge on any atom is -0.395 e. The maximum absolute atomic E-state index is 8.79. The molecule has 0 unspecified atom stereocenters. The van der Waals surface area contributed by atoms with Crippen LogP contribution in [-0.2, 0) is 19.4 Å². The Bertz CT molecular complexity index is 645. The number of aliphatic hydroxyl groups excluding tert-OH is 1. The third kappa shape index (κ3) is 2.79. The van der Waals surface area contributed by atoms with Gasteiger partial charge < -0.3 is 9.67 Å². The maximum Gasteiger partial charge on any atom is 0.0955 e. The first-order valence-corrected chi connectivity index (χ1v) is 7.95. The Labute approximate surface area is 123 Å². The molecule has 3 nitrogen and oxygen atoms in total. The lowest BCUT2D eigenvalue weighted by Crippen LogP contribution is -2.08. The molecule has 104 valence electrons. The third-order valence-electron chi connectivity index (χ3n) is 3.63. The Kier molecular flexibility index (Phi) is 4.19. The lowest BCUT2D eigenvalue weighted by Gasteiger charge is -2.13. The molecule has 0 saturated carbocycles. The van der Waals surface area contributed by atoms with Crippen LogP contribution in [0.3, 0.4) is 0 Å². The number of aliphatic hydroxyl groups is 1. The lowest BCUT2D eigenvalue weighted by atomic mass is 10.0. The minimum atomic E-state index is 0.126. The highest BCUT2D eigenvalue weighted by atomic mass is 32.1. The van der Waals surface area contributed by atoms with E-state index in [4.69, 9.17) is 5.11 Å². The van der Waals surface area contributed by atoms with Crippen molar-refractivity contribution in [3.05, 3.63) is 39.6 Å². The molecule has 0 fully saturated rings. The molecule has 4 heteroatoms. The number of nitrogens with zero attached hydrogens (tertiary/aromatic N) is 2. The Hall–Kier alpha value is -1.57. The van der Waals surface area contributed by atoms with Gasteiger partial charge in [-0.05, 0) is 37.1 Å². The van der Waals surface area contributed by atoms with E-state index >= 15 is 0 Å². The van der Waals surface area contributed by atoms with Gasteiger partial charge in [-0.2, -0.15) is 0 Å². The van der Waals surface area contributed by atoms with E-state index in [0.717, 1.165) is 24.9 Å². The lowest BCUT2D eigenvalue weighted by molar-refractivity contribution is 0.305. The van der Waals surface area contributed by atoms with E-state index in [2.05, 4.69) is 32.8 Å². The molecule has 0 radical (unpaired) electrons. The highest BCUT2D eigenvalue weighted by Gasteiger charge is 2.16. The van der Waals surface area contributed by atoms with Crippen LogP contribution in [0, 0.1) is 11.8 Å². The summed E-state index contributed by atoms with van der Waals surface area (Å²) in [6, 6.07) is 2.06. The SMILES string of the molecule is OCCC#Cc1ccsc1Cn1cnc2c1CCCC2. The average molecular weight is 286 g/mol. The second-order valence-electron chi connectivity index (χ2n) is 5.01. The van der Waals surface area contributed by atoms with Gasteiger partial charge in [-0.15, -0.1) is 11.3 Å². The summed E-state index contributed by atoms with van der Waals surface area (Å²) < 4.78 is 2.28. The summed E-state index contributed by atoms with van der Waals surface area (Å²) in [5, 5.41) is 10.9. The molecular formula is C16H18N2OS. The summed E-state index contributed by atoms with van der Waals surface area (Å²) in [4.78, 5) is 5.82. The standard InChI is InChI=1S/C16H18N2OS/c19-9-4-3-5-13-8-10-20-16(13)11-18-12-17-14-6-1-2-7-15(14)18/h8,10,12,19H,1-2,4,6-7,9,11H2. The molecule has 0 amide bonds. The molecule has 2 heterocycles. The molecule has 20 heavy (non-hydrogen) atoms. The summed E-state index contributed by atoms with van der Waals surface area (Å²) in [5.41, 5.74) is 3.77. The fourth-order valence-electron chi connectivity index (χ4n) is 2.61. The average Bonchev–Trinajstić information content (AvgIpc) is 3.08. The minimum absolute atomic E-state index is 0.126. The molecule has 1 N–H and O–H groups in total. The van der Waals surface area contributed by atoms with E-state index in [1.807, 2.05) is 6.33 Å². The van der Waals surface area contributed by atoms with E-state index in [9.17, 15) is 0 Å². The zero-order valence-corrected chi connectivity index (χ0v) is 12.2. The molecule has 0 aromatic carbocycles. The summed E-state index contributed by atoms with van der Waals surface area (Å²) in [6.45, 7) is 0.991. The molecule has 1 aliphatic carbocycles. The van der Waals surface area contributed by atoms with Crippen molar-refractivity contribution in [3.8, 4) is 11.8 Å². The second-order valence-corrected chi connectivity index (χ2v) is 6.01. The summed E-state index contributed by atoms with van der Waals surface area (Å²) in [5.74, 6) is 6.15. The van der Waals surface area contributed by atoms with Crippen molar-refractivity contribution in [1.82, 2.24) is 9.55 Å². The van der Waals surface area contributed by atoms with Crippen molar-refractivity contribution >= 4 is 11.3 Å². The van der Waals surface area contributed by atoms with E-state index in [0.29, 0.717) is 6.42 Å². The van der Waals surface area contributed by atoms with Crippen LogP contribution in [0.2, 0.25) is 0 Å². The van der Waals surface area contributed by atoms with E-state index < -0.39 is 0 Å². The molecule has 0 aliphatic heterocycles. The van der Waals surface area contributed by atoms with Gasteiger partial charge in [0.15, 0.2) is 0 Å².